The van der Waals surface area contributed by atoms with Crippen LogP contribution in [-0.2, 0) is 9.59 Å². The number of hydrogen-bond donors (Lipinski definition) is 2. The van der Waals surface area contributed by atoms with Crippen molar-refractivity contribution in [1.29, 1.82) is 0 Å². The molecule has 1 saturated heterocycles. The molecule has 1 aromatic heterocycles. The average molecular weight is 262 g/mol. The van der Waals surface area contributed by atoms with Gasteiger partial charge in [0.2, 0.25) is 17.8 Å². The maximum atomic E-state index is 12.1. The van der Waals surface area contributed by atoms with Gasteiger partial charge in [-0.05, 0) is 12.8 Å². The molecule has 6 heteroatoms. The van der Waals surface area contributed by atoms with Gasteiger partial charge in [-0.2, -0.15) is 0 Å². The number of carbonyl (C=O) groups is 2. The van der Waals surface area contributed by atoms with E-state index in [1.807, 2.05) is 4.90 Å². The van der Waals surface area contributed by atoms with E-state index < -0.39 is 0 Å². The number of nitrogens with one attached hydrogen (secondary N) is 2. The number of rotatable bonds is 3. The molecule has 1 atom stereocenters. The zero-order chi connectivity index (χ0) is 13.2. The summed E-state index contributed by atoms with van der Waals surface area (Å²) in [6.07, 6.45) is 8.11. The van der Waals surface area contributed by atoms with E-state index >= 15 is 0 Å². The average Bonchev–Trinajstić information content (AvgIpc) is 3.07. The normalized spacial score (nSPS) is 24.1. The molecule has 19 heavy (non-hydrogen) atoms. The zero-order valence-corrected chi connectivity index (χ0v) is 10.8. The molecule has 102 valence electrons. The number of likely N-dealkylation sites (tertiary alicyclic amines) is 1. The number of hydrogen-bond acceptors (Lipinski definition) is 3. The maximum absolute atomic E-state index is 12.1. The van der Waals surface area contributed by atoms with Gasteiger partial charge in [0.1, 0.15) is 0 Å². The van der Waals surface area contributed by atoms with Crippen molar-refractivity contribution in [2.75, 3.05) is 11.9 Å². The lowest BCUT2D eigenvalue weighted by atomic mass is 10.1. The number of amides is 2. The van der Waals surface area contributed by atoms with Gasteiger partial charge in [-0.25, -0.2) is 4.98 Å². The van der Waals surface area contributed by atoms with Crippen molar-refractivity contribution in [3.63, 3.8) is 0 Å². The Kier molecular flexibility index (Phi) is 3.23. The summed E-state index contributed by atoms with van der Waals surface area (Å²) in [5.41, 5.74) is 0. The first-order valence-corrected chi connectivity index (χ1v) is 6.84. The van der Waals surface area contributed by atoms with Gasteiger partial charge in [0.05, 0.1) is 5.92 Å². The minimum absolute atomic E-state index is 0.117. The monoisotopic (exact) mass is 262 g/mol. The largest absolute Gasteiger partial charge is 0.339 e. The second-order valence-electron chi connectivity index (χ2n) is 5.31. The molecule has 0 bridgehead atoms. The summed E-state index contributed by atoms with van der Waals surface area (Å²) in [4.78, 5) is 32.8. The molecule has 2 fully saturated rings. The Morgan fingerprint density at radius 1 is 1.42 bits per heavy atom. The predicted octanol–water partition coefficient (Wildman–Crippen LogP) is 1.14. The van der Waals surface area contributed by atoms with Crippen molar-refractivity contribution in [2.45, 2.75) is 38.1 Å². The van der Waals surface area contributed by atoms with E-state index in [2.05, 4.69) is 15.3 Å². The molecule has 2 amide bonds. The van der Waals surface area contributed by atoms with Crippen molar-refractivity contribution >= 4 is 17.8 Å². The highest BCUT2D eigenvalue weighted by atomic mass is 16.2. The number of aromatic nitrogens is 2. The molecule has 6 nitrogen and oxygen atoms in total. The van der Waals surface area contributed by atoms with E-state index in [9.17, 15) is 9.59 Å². The Morgan fingerprint density at radius 2 is 2.21 bits per heavy atom. The highest BCUT2D eigenvalue weighted by Gasteiger charge is 2.38. The fraction of sp³-hybridized carbons (Fsp3) is 0.615. The van der Waals surface area contributed by atoms with Gasteiger partial charge >= 0.3 is 0 Å². The highest BCUT2D eigenvalue weighted by molar-refractivity contribution is 5.96. The molecule has 0 spiro atoms. The summed E-state index contributed by atoms with van der Waals surface area (Å²) in [5.74, 6) is 0.185. The summed E-state index contributed by atoms with van der Waals surface area (Å²) in [7, 11) is 0. The van der Waals surface area contributed by atoms with Crippen LogP contribution in [0.4, 0.5) is 5.95 Å². The quantitative estimate of drug-likeness (QED) is 0.857. The van der Waals surface area contributed by atoms with Crippen LogP contribution in [0.5, 0.6) is 0 Å². The van der Waals surface area contributed by atoms with Crippen LogP contribution >= 0.6 is 0 Å². The molecular formula is C13H18N4O2. The predicted molar refractivity (Wildman–Crippen MR) is 69.3 cm³/mol. The summed E-state index contributed by atoms with van der Waals surface area (Å²) in [5, 5.41) is 2.71. The topological polar surface area (TPSA) is 78.1 Å². The first kappa shape index (κ1) is 12.2. The van der Waals surface area contributed by atoms with Gasteiger partial charge in [0, 0.05) is 31.4 Å². The molecule has 2 N–H and O–H groups in total. The minimum atomic E-state index is -0.252. The standard InChI is InChI=1S/C13H18N4O2/c18-11-7-9(8-17(11)10-3-1-2-4-10)12(19)16-13-14-5-6-15-13/h5-6,9-10H,1-4,7-8H2,(H2,14,15,16,19). The second-order valence-corrected chi connectivity index (χ2v) is 5.31. The van der Waals surface area contributed by atoms with Crippen LogP contribution in [0.15, 0.2) is 12.4 Å². The molecule has 1 aliphatic heterocycles. The van der Waals surface area contributed by atoms with Gasteiger partial charge in [0.25, 0.3) is 0 Å². The van der Waals surface area contributed by atoms with Crippen molar-refractivity contribution in [3.8, 4) is 0 Å². The van der Waals surface area contributed by atoms with Gasteiger partial charge in [0.15, 0.2) is 0 Å². The van der Waals surface area contributed by atoms with Gasteiger partial charge < -0.3 is 9.88 Å². The summed E-state index contributed by atoms with van der Waals surface area (Å²) in [6.45, 7) is 0.552. The van der Waals surface area contributed by atoms with Gasteiger partial charge in [-0.1, -0.05) is 12.8 Å². The second kappa shape index (κ2) is 5.03. The molecule has 0 aromatic carbocycles. The smallest absolute Gasteiger partial charge is 0.232 e. The first-order valence-electron chi connectivity index (χ1n) is 6.84. The lowest BCUT2D eigenvalue weighted by Gasteiger charge is -2.23. The Labute approximate surface area is 111 Å². The van der Waals surface area contributed by atoms with E-state index in [4.69, 9.17) is 0 Å². The molecule has 0 radical (unpaired) electrons. The van der Waals surface area contributed by atoms with E-state index in [1.54, 1.807) is 12.4 Å². The molecular weight excluding hydrogens is 244 g/mol. The molecule has 1 aliphatic carbocycles. The number of H-pyrrole nitrogens is 1. The third kappa shape index (κ3) is 2.47. The number of anilines is 1. The molecule has 2 heterocycles. The zero-order valence-electron chi connectivity index (χ0n) is 10.8. The number of carbonyl (C=O) groups excluding carboxylic acids is 2. The first-order chi connectivity index (χ1) is 9.24. The Bertz CT molecular complexity index is 465. The third-order valence-electron chi connectivity index (χ3n) is 4.03. The van der Waals surface area contributed by atoms with Crippen molar-refractivity contribution in [1.82, 2.24) is 14.9 Å². The molecule has 1 aromatic rings. The Balaban J connectivity index is 1.60. The molecule has 1 unspecified atom stereocenters. The van der Waals surface area contributed by atoms with E-state index in [0.717, 1.165) is 12.8 Å². The van der Waals surface area contributed by atoms with Gasteiger partial charge in [-0.15, -0.1) is 0 Å². The van der Waals surface area contributed by atoms with Crippen LogP contribution in [0.3, 0.4) is 0 Å². The van der Waals surface area contributed by atoms with Crippen LogP contribution < -0.4 is 5.32 Å². The number of aromatic amines is 1. The van der Waals surface area contributed by atoms with Crippen LogP contribution in [0.2, 0.25) is 0 Å². The third-order valence-corrected chi connectivity index (χ3v) is 4.03. The van der Waals surface area contributed by atoms with Gasteiger partial charge in [-0.3, -0.25) is 14.9 Å². The fourth-order valence-corrected chi connectivity index (χ4v) is 3.03. The minimum Gasteiger partial charge on any atom is -0.339 e. The van der Waals surface area contributed by atoms with E-state index in [-0.39, 0.29) is 17.7 Å². The molecule has 2 aliphatic rings. The van der Waals surface area contributed by atoms with Crippen LogP contribution in [0, 0.1) is 5.92 Å². The SMILES string of the molecule is O=C(Nc1ncc[nH]1)C1CC(=O)N(C2CCCC2)C1. The Hall–Kier alpha value is -1.85. The molecule has 3 rings (SSSR count). The Morgan fingerprint density at radius 3 is 2.89 bits per heavy atom. The van der Waals surface area contributed by atoms with E-state index in [1.165, 1.54) is 12.8 Å². The summed E-state index contributed by atoms with van der Waals surface area (Å²) < 4.78 is 0. The maximum Gasteiger partial charge on any atom is 0.232 e. The highest BCUT2D eigenvalue weighted by Crippen LogP contribution is 2.29. The number of nitrogens with zero attached hydrogens (tertiary/aromatic N) is 2. The van der Waals surface area contributed by atoms with Crippen LogP contribution in [0.25, 0.3) is 0 Å². The van der Waals surface area contributed by atoms with Crippen molar-refractivity contribution in [2.24, 2.45) is 5.92 Å². The lowest BCUT2D eigenvalue weighted by Crippen LogP contribution is -2.35. The van der Waals surface area contributed by atoms with Crippen molar-refractivity contribution in [3.05, 3.63) is 12.4 Å². The van der Waals surface area contributed by atoms with Crippen LogP contribution in [-0.4, -0.2) is 39.3 Å². The fourth-order valence-electron chi connectivity index (χ4n) is 3.03. The van der Waals surface area contributed by atoms with E-state index in [0.29, 0.717) is 25.0 Å². The lowest BCUT2D eigenvalue weighted by molar-refractivity contribution is -0.129. The van der Waals surface area contributed by atoms with Crippen molar-refractivity contribution < 1.29 is 9.59 Å². The van der Waals surface area contributed by atoms with Crippen LogP contribution in [0.1, 0.15) is 32.1 Å². The molecule has 1 saturated carbocycles. The summed E-state index contributed by atoms with van der Waals surface area (Å²) in [6, 6.07) is 0.355. The number of imidazole rings is 1. The summed E-state index contributed by atoms with van der Waals surface area (Å²) >= 11 is 0.